The molecule has 0 saturated heterocycles. The smallest absolute Gasteiger partial charge is 0.250 e. The molecule has 1 fully saturated rings. The first kappa shape index (κ1) is 12.0. The largest absolute Gasteiger partial charge is 0.356 e. The third kappa shape index (κ3) is 1.58. The van der Waals surface area contributed by atoms with Crippen molar-refractivity contribution in [3.05, 3.63) is 22.7 Å². The number of carbonyl (C=O) groups excluding carboxylic acids is 1. The molecule has 18 heavy (non-hydrogen) atoms. The van der Waals surface area contributed by atoms with E-state index in [9.17, 15) is 4.79 Å². The van der Waals surface area contributed by atoms with E-state index < -0.39 is 0 Å². The molecule has 3 nitrogen and oxygen atoms in total. The van der Waals surface area contributed by atoms with E-state index in [1.54, 1.807) is 0 Å². The number of carbonyl (C=O) groups is 1. The maximum atomic E-state index is 12.5. The second-order valence-corrected chi connectivity index (χ2v) is 6.01. The summed E-state index contributed by atoms with van der Waals surface area (Å²) in [6, 6.07) is 6.06. The van der Waals surface area contributed by atoms with Gasteiger partial charge in [0.1, 0.15) is 5.54 Å². The predicted octanol–water partition coefficient (Wildman–Crippen LogP) is 3.54. The number of likely N-dealkylation sites (N-methyl/N-ethyl adjacent to an activating group) is 1. The SMILES string of the molecule is CCN1c2cc(Br)ccc2NC(=O)C12CCCC2. The van der Waals surface area contributed by atoms with Gasteiger partial charge in [0.15, 0.2) is 0 Å². The lowest BCUT2D eigenvalue weighted by atomic mass is 9.90. The van der Waals surface area contributed by atoms with Gasteiger partial charge in [-0.05, 0) is 38.0 Å². The lowest BCUT2D eigenvalue weighted by molar-refractivity contribution is -0.121. The highest BCUT2D eigenvalue weighted by molar-refractivity contribution is 9.10. The first-order valence-corrected chi connectivity index (χ1v) is 7.35. The molecule has 4 heteroatoms. The molecule has 0 bridgehead atoms. The quantitative estimate of drug-likeness (QED) is 0.860. The van der Waals surface area contributed by atoms with Crippen LogP contribution in [0.1, 0.15) is 32.6 Å². The normalized spacial score (nSPS) is 21.0. The van der Waals surface area contributed by atoms with Crippen LogP contribution in [0.3, 0.4) is 0 Å². The van der Waals surface area contributed by atoms with Gasteiger partial charge >= 0.3 is 0 Å². The number of nitrogens with one attached hydrogen (secondary N) is 1. The van der Waals surface area contributed by atoms with Crippen molar-refractivity contribution in [2.75, 3.05) is 16.8 Å². The molecular weight excluding hydrogens is 292 g/mol. The summed E-state index contributed by atoms with van der Waals surface area (Å²) in [4.78, 5) is 14.8. The molecule has 1 N–H and O–H groups in total. The lowest BCUT2D eigenvalue weighted by Crippen LogP contribution is -2.58. The molecule has 1 aromatic carbocycles. The Balaban J connectivity index is 2.13. The minimum absolute atomic E-state index is 0.177. The number of halogens is 1. The monoisotopic (exact) mass is 308 g/mol. The number of anilines is 2. The Bertz CT molecular complexity index is 495. The molecule has 1 spiro atoms. The molecule has 2 aliphatic rings. The van der Waals surface area contributed by atoms with E-state index in [-0.39, 0.29) is 11.4 Å². The van der Waals surface area contributed by atoms with E-state index in [2.05, 4.69) is 39.1 Å². The molecule has 1 saturated carbocycles. The van der Waals surface area contributed by atoms with Gasteiger partial charge in [-0.15, -0.1) is 0 Å². The van der Waals surface area contributed by atoms with Crippen molar-refractivity contribution in [3.8, 4) is 0 Å². The van der Waals surface area contributed by atoms with E-state index in [1.165, 1.54) is 0 Å². The fraction of sp³-hybridized carbons (Fsp3) is 0.500. The topological polar surface area (TPSA) is 32.3 Å². The second-order valence-electron chi connectivity index (χ2n) is 5.10. The number of rotatable bonds is 1. The number of nitrogens with zero attached hydrogens (tertiary/aromatic N) is 1. The third-order valence-electron chi connectivity index (χ3n) is 4.19. The molecule has 1 aliphatic heterocycles. The second kappa shape index (κ2) is 4.26. The van der Waals surface area contributed by atoms with Gasteiger partial charge in [-0.1, -0.05) is 28.8 Å². The zero-order valence-electron chi connectivity index (χ0n) is 10.5. The van der Waals surface area contributed by atoms with Crippen molar-refractivity contribution in [2.24, 2.45) is 0 Å². The van der Waals surface area contributed by atoms with Crippen LogP contribution in [0.5, 0.6) is 0 Å². The van der Waals surface area contributed by atoms with E-state index in [0.29, 0.717) is 0 Å². The first-order chi connectivity index (χ1) is 8.67. The molecule has 3 rings (SSSR count). The fourth-order valence-corrected chi connectivity index (χ4v) is 3.70. The van der Waals surface area contributed by atoms with E-state index in [0.717, 1.165) is 48.1 Å². The van der Waals surface area contributed by atoms with Crippen LogP contribution in [0.2, 0.25) is 0 Å². The van der Waals surface area contributed by atoms with Crippen LogP contribution in [-0.2, 0) is 4.79 Å². The summed E-state index contributed by atoms with van der Waals surface area (Å²) in [5, 5.41) is 3.08. The molecule has 96 valence electrons. The van der Waals surface area contributed by atoms with Crippen molar-refractivity contribution in [2.45, 2.75) is 38.1 Å². The van der Waals surface area contributed by atoms with Crippen LogP contribution in [0, 0.1) is 0 Å². The Kier molecular flexibility index (Phi) is 2.85. The number of amides is 1. The van der Waals surface area contributed by atoms with Crippen molar-refractivity contribution >= 4 is 33.2 Å². The number of fused-ring (bicyclic) bond motifs is 1. The van der Waals surface area contributed by atoms with Crippen molar-refractivity contribution in [3.63, 3.8) is 0 Å². The minimum atomic E-state index is -0.303. The Hall–Kier alpha value is -1.03. The lowest BCUT2D eigenvalue weighted by Gasteiger charge is -2.45. The molecule has 1 aliphatic carbocycles. The maximum absolute atomic E-state index is 12.5. The standard InChI is InChI=1S/C14H17BrN2O/c1-2-17-12-9-10(15)5-6-11(12)16-13(18)14(17)7-3-4-8-14/h5-6,9H,2-4,7-8H2,1H3,(H,16,18). The van der Waals surface area contributed by atoms with Gasteiger partial charge in [0.25, 0.3) is 0 Å². The third-order valence-corrected chi connectivity index (χ3v) is 4.68. The van der Waals surface area contributed by atoms with Gasteiger partial charge in [-0.3, -0.25) is 4.79 Å². The first-order valence-electron chi connectivity index (χ1n) is 6.56. The summed E-state index contributed by atoms with van der Waals surface area (Å²) in [6.45, 7) is 3.00. The van der Waals surface area contributed by atoms with Gasteiger partial charge in [0, 0.05) is 11.0 Å². The molecule has 1 amide bonds. The van der Waals surface area contributed by atoms with E-state index in [4.69, 9.17) is 0 Å². The zero-order valence-corrected chi connectivity index (χ0v) is 12.1. The number of benzene rings is 1. The Morgan fingerprint density at radius 1 is 1.39 bits per heavy atom. The molecule has 0 atom stereocenters. The molecular formula is C14H17BrN2O. The van der Waals surface area contributed by atoms with Crippen LogP contribution in [0.15, 0.2) is 22.7 Å². The number of hydrogen-bond acceptors (Lipinski definition) is 2. The van der Waals surface area contributed by atoms with E-state index in [1.807, 2.05) is 12.1 Å². The molecule has 1 heterocycles. The van der Waals surface area contributed by atoms with Crippen LogP contribution < -0.4 is 10.2 Å². The van der Waals surface area contributed by atoms with Crippen molar-refractivity contribution in [1.29, 1.82) is 0 Å². The maximum Gasteiger partial charge on any atom is 0.250 e. The Labute approximate surface area is 116 Å². The van der Waals surface area contributed by atoms with Crippen LogP contribution in [0.25, 0.3) is 0 Å². The summed E-state index contributed by atoms with van der Waals surface area (Å²) >= 11 is 3.52. The van der Waals surface area contributed by atoms with Crippen molar-refractivity contribution < 1.29 is 4.79 Å². The Morgan fingerprint density at radius 3 is 2.78 bits per heavy atom. The van der Waals surface area contributed by atoms with Gasteiger partial charge < -0.3 is 10.2 Å². The number of hydrogen-bond donors (Lipinski definition) is 1. The highest BCUT2D eigenvalue weighted by atomic mass is 79.9. The Morgan fingerprint density at radius 2 is 2.11 bits per heavy atom. The van der Waals surface area contributed by atoms with Gasteiger partial charge in [-0.25, -0.2) is 0 Å². The van der Waals surface area contributed by atoms with Gasteiger partial charge in [0.2, 0.25) is 5.91 Å². The summed E-state index contributed by atoms with van der Waals surface area (Å²) in [6.07, 6.45) is 4.23. The van der Waals surface area contributed by atoms with Crippen LogP contribution in [-0.4, -0.2) is 18.0 Å². The molecule has 0 unspecified atom stereocenters. The zero-order chi connectivity index (χ0) is 12.8. The predicted molar refractivity (Wildman–Crippen MR) is 77.0 cm³/mol. The average Bonchev–Trinajstić information content (AvgIpc) is 2.82. The summed E-state index contributed by atoms with van der Waals surface area (Å²) in [5.74, 6) is 0.177. The highest BCUT2D eigenvalue weighted by Crippen LogP contribution is 2.45. The fourth-order valence-electron chi connectivity index (χ4n) is 3.36. The molecule has 0 aromatic heterocycles. The minimum Gasteiger partial charge on any atom is -0.356 e. The van der Waals surface area contributed by atoms with Crippen LogP contribution in [0.4, 0.5) is 11.4 Å². The van der Waals surface area contributed by atoms with Gasteiger partial charge in [-0.2, -0.15) is 0 Å². The molecule has 1 aromatic rings. The van der Waals surface area contributed by atoms with Crippen molar-refractivity contribution in [1.82, 2.24) is 0 Å². The summed E-state index contributed by atoms with van der Waals surface area (Å²) in [5.41, 5.74) is 1.78. The van der Waals surface area contributed by atoms with Crippen LogP contribution >= 0.6 is 15.9 Å². The summed E-state index contributed by atoms with van der Waals surface area (Å²) in [7, 11) is 0. The van der Waals surface area contributed by atoms with Gasteiger partial charge in [0.05, 0.1) is 11.4 Å². The average molecular weight is 309 g/mol. The molecule has 0 radical (unpaired) electrons. The highest BCUT2D eigenvalue weighted by Gasteiger charge is 2.48. The summed E-state index contributed by atoms with van der Waals surface area (Å²) < 4.78 is 1.06. The van der Waals surface area contributed by atoms with E-state index >= 15 is 0 Å².